The van der Waals surface area contributed by atoms with E-state index in [0.29, 0.717) is 12.8 Å². The fourth-order valence-corrected chi connectivity index (χ4v) is 7.69. The monoisotopic (exact) mass is 776 g/mol. The Morgan fingerprint density at radius 2 is 0.727 bits per heavy atom. The van der Waals surface area contributed by atoms with Crippen LogP contribution < -0.4 is 5.32 Å². The fraction of sp³-hybridized carbons (Fsp3) is 0.900. The van der Waals surface area contributed by atoms with Crippen LogP contribution in [0.15, 0.2) is 24.3 Å². The number of aliphatic hydroxyl groups is 3. The number of hydrogen-bond acceptors (Lipinski definition) is 4. The highest BCUT2D eigenvalue weighted by Gasteiger charge is 2.26. The topological polar surface area (TPSA) is 89.8 Å². The van der Waals surface area contributed by atoms with E-state index in [9.17, 15) is 20.1 Å². The van der Waals surface area contributed by atoms with Gasteiger partial charge >= 0.3 is 0 Å². The third-order valence-electron chi connectivity index (χ3n) is 11.5. The van der Waals surface area contributed by atoms with Crippen molar-refractivity contribution in [2.24, 2.45) is 0 Å². The summed E-state index contributed by atoms with van der Waals surface area (Å²) in [6.07, 6.45) is 55.9. The summed E-state index contributed by atoms with van der Waals surface area (Å²) in [5.74, 6) is -0.156. The van der Waals surface area contributed by atoms with Crippen LogP contribution in [0.25, 0.3) is 0 Å². The molecular weight excluding hydrogens is 679 g/mol. The van der Waals surface area contributed by atoms with Crippen molar-refractivity contribution in [2.75, 3.05) is 6.61 Å². The summed E-state index contributed by atoms with van der Waals surface area (Å²) in [6, 6.07) is -0.827. The molecule has 0 aromatic heterocycles. The van der Waals surface area contributed by atoms with Crippen molar-refractivity contribution >= 4 is 5.91 Å². The predicted octanol–water partition coefficient (Wildman–Crippen LogP) is 14.6. The summed E-state index contributed by atoms with van der Waals surface area (Å²) < 4.78 is 0. The first kappa shape index (κ1) is 53.8. The molecule has 55 heavy (non-hydrogen) atoms. The molecule has 0 heterocycles. The van der Waals surface area contributed by atoms with Gasteiger partial charge in [-0.25, -0.2) is 0 Å². The maximum Gasteiger partial charge on any atom is 0.220 e. The quantitative estimate of drug-likeness (QED) is 0.0366. The maximum atomic E-state index is 12.5. The number of amides is 1. The lowest BCUT2D eigenvalue weighted by Crippen LogP contribution is -2.50. The van der Waals surface area contributed by atoms with Gasteiger partial charge in [-0.05, 0) is 64.2 Å². The van der Waals surface area contributed by atoms with Gasteiger partial charge in [0, 0.05) is 6.42 Å². The van der Waals surface area contributed by atoms with E-state index >= 15 is 0 Å². The van der Waals surface area contributed by atoms with E-state index < -0.39 is 18.2 Å². The summed E-state index contributed by atoms with van der Waals surface area (Å²) in [4.78, 5) is 12.5. The normalized spacial score (nSPS) is 13.6. The van der Waals surface area contributed by atoms with Crippen molar-refractivity contribution in [3.8, 4) is 0 Å². The van der Waals surface area contributed by atoms with Gasteiger partial charge in [-0.2, -0.15) is 0 Å². The second kappa shape index (κ2) is 45.5. The molecule has 0 rings (SSSR count). The molecule has 0 aliphatic heterocycles. The predicted molar refractivity (Wildman–Crippen MR) is 241 cm³/mol. The minimum Gasteiger partial charge on any atom is -0.394 e. The Kier molecular flexibility index (Phi) is 44.6. The minimum absolute atomic E-state index is 0.156. The summed E-state index contributed by atoms with van der Waals surface area (Å²) in [7, 11) is 0. The standard InChI is InChI=1S/C50H97NO4/c1-3-5-7-9-11-13-15-17-19-21-23-25-27-29-31-33-35-37-39-41-43-45-49(54)51-47(46-52)50(55)48(53)44-42-40-38-36-34-32-30-28-26-24-22-20-18-16-14-12-10-8-6-4-2/h25,27,36,38,47-48,50,52-53,55H,3-24,26,28-35,37,39-46H2,1-2H3,(H,51,54)/b27-25-,38-36+. The van der Waals surface area contributed by atoms with Gasteiger partial charge < -0.3 is 20.6 Å². The number of carbonyl (C=O) groups excluding carboxylic acids is 1. The van der Waals surface area contributed by atoms with E-state index in [1.807, 2.05) is 0 Å². The maximum absolute atomic E-state index is 12.5. The van der Waals surface area contributed by atoms with Crippen LogP contribution in [0.4, 0.5) is 0 Å². The number of aliphatic hydroxyl groups excluding tert-OH is 3. The van der Waals surface area contributed by atoms with Crippen LogP contribution in [0.1, 0.15) is 264 Å². The van der Waals surface area contributed by atoms with E-state index in [2.05, 4.69) is 43.5 Å². The average molecular weight is 776 g/mol. The molecule has 1 amide bonds. The highest BCUT2D eigenvalue weighted by molar-refractivity contribution is 5.76. The lowest BCUT2D eigenvalue weighted by atomic mass is 10.0. The van der Waals surface area contributed by atoms with Gasteiger partial charge in [0.1, 0.15) is 6.10 Å². The van der Waals surface area contributed by atoms with Crippen molar-refractivity contribution in [3.05, 3.63) is 24.3 Å². The molecule has 5 heteroatoms. The zero-order valence-electron chi connectivity index (χ0n) is 37.1. The molecule has 0 radical (unpaired) electrons. The molecule has 3 unspecified atom stereocenters. The van der Waals surface area contributed by atoms with Crippen molar-refractivity contribution < 1.29 is 20.1 Å². The zero-order valence-corrected chi connectivity index (χ0v) is 37.1. The lowest BCUT2D eigenvalue weighted by Gasteiger charge is -2.26. The van der Waals surface area contributed by atoms with Gasteiger partial charge in [0.25, 0.3) is 0 Å². The summed E-state index contributed by atoms with van der Waals surface area (Å²) in [5, 5.41) is 33.6. The molecule has 3 atom stereocenters. The number of nitrogens with one attached hydrogen (secondary N) is 1. The fourth-order valence-electron chi connectivity index (χ4n) is 7.69. The molecule has 0 spiro atoms. The molecular formula is C50H97NO4. The summed E-state index contributed by atoms with van der Waals surface area (Å²) in [5.41, 5.74) is 0. The van der Waals surface area contributed by atoms with Crippen LogP contribution in [0, 0.1) is 0 Å². The van der Waals surface area contributed by atoms with Gasteiger partial charge in [0.15, 0.2) is 0 Å². The van der Waals surface area contributed by atoms with Crippen LogP contribution in [0.5, 0.6) is 0 Å². The van der Waals surface area contributed by atoms with Crippen molar-refractivity contribution in [3.63, 3.8) is 0 Å². The van der Waals surface area contributed by atoms with E-state index in [-0.39, 0.29) is 12.5 Å². The largest absolute Gasteiger partial charge is 0.394 e. The average Bonchev–Trinajstić information content (AvgIpc) is 3.19. The lowest BCUT2D eigenvalue weighted by molar-refractivity contribution is -0.124. The van der Waals surface area contributed by atoms with Gasteiger partial charge in [-0.1, -0.05) is 218 Å². The molecule has 0 bridgehead atoms. The van der Waals surface area contributed by atoms with Gasteiger partial charge in [0.2, 0.25) is 5.91 Å². The van der Waals surface area contributed by atoms with Crippen LogP contribution >= 0.6 is 0 Å². The van der Waals surface area contributed by atoms with Crippen LogP contribution in [-0.2, 0) is 4.79 Å². The third-order valence-corrected chi connectivity index (χ3v) is 11.5. The zero-order chi connectivity index (χ0) is 40.1. The molecule has 5 nitrogen and oxygen atoms in total. The second-order valence-electron chi connectivity index (χ2n) is 17.0. The van der Waals surface area contributed by atoms with E-state index in [4.69, 9.17) is 0 Å². The number of rotatable bonds is 45. The minimum atomic E-state index is -1.16. The molecule has 0 saturated carbocycles. The van der Waals surface area contributed by atoms with E-state index in [0.717, 1.165) is 38.5 Å². The number of unbranched alkanes of at least 4 members (excludes halogenated alkanes) is 33. The van der Waals surface area contributed by atoms with E-state index in [1.54, 1.807) is 0 Å². The highest BCUT2D eigenvalue weighted by atomic mass is 16.3. The Labute approximate surface area is 343 Å². The van der Waals surface area contributed by atoms with E-state index in [1.165, 1.54) is 199 Å². The van der Waals surface area contributed by atoms with Crippen LogP contribution in [0.2, 0.25) is 0 Å². The molecule has 0 aromatic carbocycles. The Balaban J connectivity index is 3.62. The summed E-state index contributed by atoms with van der Waals surface area (Å²) in [6.45, 7) is 4.19. The van der Waals surface area contributed by atoms with Crippen molar-refractivity contribution in [1.82, 2.24) is 5.32 Å². The number of carbonyl (C=O) groups is 1. The number of hydrogen-bond donors (Lipinski definition) is 4. The van der Waals surface area contributed by atoms with Crippen LogP contribution in [0.3, 0.4) is 0 Å². The summed E-state index contributed by atoms with van der Waals surface area (Å²) >= 11 is 0. The third kappa shape index (κ3) is 40.8. The molecule has 0 aliphatic carbocycles. The first-order valence-corrected chi connectivity index (χ1v) is 24.6. The molecule has 0 fully saturated rings. The van der Waals surface area contributed by atoms with Crippen molar-refractivity contribution in [1.29, 1.82) is 0 Å². The molecule has 0 aliphatic rings. The Bertz CT molecular complexity index is 814. The Hall–Kier alpha value is -1.17. The van der Waals surface area contributed by atoms with Crippen LogP contribution in [-0.4, -0.2) is 46.1 Å². The number of allylic oxidation sites excluding steroid dienone is 4. The second-order valence-corrected chi connectivity index (χ2v) is 17.0. The molecule has 326 valence electrons. The van der Waals surface area contributed by atoms with Gasteiger partial charge in [-0.15, -0.1) is 0 Å². The highest BCUT2D eigenvalue weighted by Crippen LogP contribution is 2.16. The Morgan fingerprint density at radius 3 is 1.05 bits per heavy atom. The molecule has 0 aromatic rings. The SMILES string of the molecule is CCCCCCCCCCCC/C=C\CCCCCCCCCC(=O)NC(CO)C(O)C(O)CCC/C=C/CCCCCCCCCCCCCCCCC. The smallest absolute Gasteiger partial charge is 0.220 e. The first-order valence-electron chi connectivity index (χ1n) is 24.6. The molecule has 0 saturated heterocycles. The van der Waals surface area contributed by atoms with Gasteiger partial charge in [0.05, 0.1) is 18.8 Å². The Morgan fingerprint density at radius 1 is 0.436 bits per heavy atom. The first-order chi connectivity index (χ1) is 27.1. The van der Waals surface area contributed by atoms with Gasteiger partial charge in [-0.3, -0.25) is 4.79 Å². The van der Waals surface area contributed by atoms with Crippen molar-refractivity contribution in [2.45, 2.75) is 283 Å². The molecule has 4 N–H and O–H groups in total.